The fraction of sp³-hybridized carbons (Fsp3) is 0.448. The first-order chi connectivity index (χ1) is 17.4. The van der Waals surface area contributed by atoms with Crippen molar-refractivity contribution in [1.29, 1.82) is 0 Å². The normalized spacial score (nSPS) is 17.2. The van der Waals surface area contributed by atoms with Crippen molar-refractivity contribution in [2.24, 2.45) is 0 Å². The fourth-order valence-corrected chi connectivity index (χ4v) is 5.02. The predicted octanol–water partition coefficient (Wildman–Crippen LogP) is 6.17. The highest BCUT2D eigenvalue weighted by atomic mass is 79.9. The molecule has 0 radical (unpaired) electrons. The molecule has 0 aliphatic carbocycles. The van der Waals surface area contributed by atoms with Gasteiger partial charge >= 0.3 is 0 Å². The van der Waals surface area contributed by atoms with Gasteiger partial charge in [-0.15, -0.1) is 0 Å². The molecule has 0 aromatic heterocycles. The Bertz CT molecular complexity index is 1060. The molecule has 36 heavy (non-hydrogen) atoms. The van der Waals surface area contributed by atoms with Crippen molar-refractivity contribution in [3.05, 3.63) is 69.7 Å². The Morgan fingerprint density at radius 1 is 1.00 bits per heavy atom. The number of amides is 1. The van der Waals surface area contributed by atoms with Crippen molar-refractivity contribution in [1.82, 2.24) is 9.80 Å². The second kappa shape index (κ2) is 13.6. The number of aliphatic hydroxyl groups is 1. The van der Waals surface area contributed by atoms with E-state index < -0.39 is 17.7 Å². The summed E-state index contributed by atoms with van der Waals surface area (Å²) >= 11 is 3.51. The van der Waals surface area contributed by atoms with E-state index in [1.54, 1.807) is 36.3 Å². The van der Waals surface area contributed by atoms with Crippen molar-refractivity contribution < 1.29 is 19.4 Å². The number of nitrogens with zero attached hydrogens (tertiary/aromatic N) is 2. The van der Waals surface area contributed by atoms with E-state index in [2.05, 4.69) is 34.7 Å². The number of rotatable bonds is 13. The number of ether oxygens (including phenoxy) is 1. The Morgan fingerprint density at radius 2 is 1.64 bits per heavy atom. The SMILES string of the molecule is CCCCN(CCCC)CCCN1C(=O)C(=O)/C(=C(/O)c2ccc(OC)cc2)C1c1cccc(Br)c1. The second-order valence-electron chi connectivity index (χ2n) is 9.18. The molecule has 2 aromatic carbocycles. The number of ketones is 1. The van der Waals surface area contributed by atoms with Gasteiger partial charge < -0.3 is 19.6 Å². The standard InChI is InChI=1S/C29H37BrN2O4/c1-4-6-16-31(17-7-5-2)18-9-19-32-26(22-10-8-11-23(30)20-22)25(28(34)29(32)35)27(33)21-12-14-24(36-3)15-13-21/h8,10-15,20,26,33H,4-7,9,16-19H2,1-3H3/b27-25+. The van der Waals surface area contributed by atoms with Gasteiger partial charge in [0, 0.05) is 16.6 Å². The summed E-state index contributed by atoms with van der Waals surface area (Å²) in [5, 5.41) is 11.2. The zero-order valence-corrected chi connectivity index (χ0v) is 23.1. The van der Waals surface area contributed by atoms with E-state index in [1.165, 1.54) is 0 Å². The molecule has 1 N–H and O–H groups in total. The molecule has 1 aliphatic heterocycles. The highest BCUT2D eigenvalue weighted by Gasteiger charge is 2.45. The summed E-state index contributed by atoms with van der Waals surface area (Å²) in [7, 11) is 1.57. The third-order valence-electron chi connectivity index (χ3n) is 6.60. The summed E-state index contributed by atoms with van der Waals surface area (Å²) in [6.07, 6.45) is 5.34. The lowest BCUT2D eigenvalue weighted by atomic mass is 9.95. The van der Waals surface area contributed by atoms with Crippen molar-refractivity contribution in [3.8, 4) is 5.75 Å². The first-order valence-electron chi connectivity index (χ1n) is 12.8. The number of hydrogen-bond acceptors (Lipinski definition) is 5. The van der Waals surface area contributed by atoms with Gasteiger partial charge in [0.25, 0.3) is 11.7 Å². The number of hydrogen-bond donors (Lipinski definition) is 1. The number of likely N-dealkylation sites (tertiary alicyclic amines) is 1. The molecule has 1 amide bonds. The number of unbranched alkanes of at least 4 members (excludes halogenated alkanes) is 2. The molecule has 1 atom stereocenters. The number of aliphatic hydroxyl groups excluding tert-OH is 1. The summed E-state index contributed by atoms with van der Waals surface area (Å²) in [6.45, 7) is 7.78. The minimum absolute atomic E-state index is 0.122. The molecular weight excluding hydrogens is 520 g/mol. The lowest BCUT2D eigenvalue weighted by molar-refractivity contribution is -0.140. The van der Waals surface area contributed by atoms with Crippen LogP contribution in [0, 0.1) is 0 Å². The summed E-state index contributed by atoms with van der Waals surface area (Å²) in [6, 6.07) is 13.8. The average molecular weight is 558 g/mol. The summed E-state index contributed by atoms with van der Waals surface area (Å²) in [4.78, 5) is 30.5. The number of benzene rings is 2. The minimum Gasteiger partial charge on any atom is -0.507 e. The monoisotopic (exact) mass is 556 g/mol. The number of methoxy groups -OCH3 is 1. The highest BCUT2D eigenvalue weighted by Crippen LogP contribution is 2.40. The molecule has 6 nitrogen and oxygen atoms in total. The summed E-state index contributed by atoms with van der Waals surface area (Å²) < 4.78 is 6.06. The van der Waals surface area contributed by atoms with Crippen LogP contribution in [0.4, 0.5) is 0 Å². The van der Waals surface area contributed by atoms with E-state index in [-0.39, 0.29) is 11.3 Å². The first-order valence-corrected chi connectivity index (χ1v) is 13.6. The second-order valence-corrected chi connectivity index (χ2v) is 10.1. The van der Waals surface area contributed by atoms with Crippen LogP contribution >= 0.6 is 15.9 Å². The Balaban J connectivity index is 1.91. The van der Waals surface area contributed by atoms with Gasteiger partial charge in [0.05, 0.1) is 18.7 Å². The van der Waals surface area contributed by atoms with Gasteiger partial charge in [-0.2, -0.15) is 0 Å². The van der Waals surface area contributed by atoms with Crippen molar-refractivity contribution in [3.63, 3.8) is 0 Å². The molecule has 1 fully saturated rings. The van der Waals surface area contributed by atoms with Gasteiger partial charge in [-0.05, 0) is 80.9 Å². The smallest absolute Gasteiger partial charge is 0.295 e. The largest absolute Gasteiger partial charge is 0.507 e. The molecule has 1 aliphatic rings. The zero-order chi connectivity index (χ0) is 26.1. The maximum atomic E-state index is 13.2. The summed E-state index contributed by atoms with van der Waals surface area (Å²) in [5.41, 5.74) is 1.38. The van der Waals surface area contributed by atoms with Gasteiger partial charge in [0.2, 0.25) is 0 Å². The van der Waals surface area contributed by atoms with E-state index in [4.69, 9.17) is 4.74 Å². The molecule has 1 unspecified atom stereocenters. The molecule has 7 heteroatoms. The van der Waals surface area contributed by atoms with Gasteiger partial charge in [-0.3, -0.25) is 9.59 Å². The lowest BCUT2D eigenvalue weighted by Gasteiger charge is -2.27. The third kappa shape index (κ3) is 6.77. The fourth-order valence-electron chi connectivity index (χ4n) is 4.60. The van der Waals surface area contributed by atoms with Crippen LogP contribution in [-0.2, 0) is 9.59 Å². The van der Waals surface area contributed by atoms with Crippen LogP contribution in [0.3, 0.4) is 0 Å². The quantitative estimate of drug-likeness (QED) is 0.181. The molecule has 1 saturated heterocycles. The number of halogens is 1. The van der Waals surface area contributed by atoms with Crippen LogP contribution in [0.1, 0.15) is 63.1 Å². The van der Waals surface area contributed by atoms with Crippen LogP contribution in [0.5, 0.6) is 5.75 Å². The van der Waals surface area contributed by atoms with E-state index in [1.807, 2.05) is 24.3 Å². The van der Waals surface area contributed by atoms with Gasteiger partial charge in [-0.25, -0.2) is 0 Å². The maximum Gasteiger partial charge on any atom is 0.295 e. The predicted molar refractivity (Wildman–Crippen MR) is 147 cm³/mol. The van der Waals surface area contributed by atoms with Crippen LogP contribution in [-0.4, -0.2) is 59.9 Å². The third-order valence-corrected chi connectivity index (χ3v) is 7.09. The van der Waals surface area contributed by atoms with Gasteiger partial charge in [0.15, 0.2) is 0 Å². The minimum atomic E-state index is -0.651. The molecule has 2 aromatic rings. The summed E-state index contributed by atoms with van der Waals surface area (Å²) in [5.74, 6) is -0.743. The first kappa shape index (κ1) is 27.9. The van der Waals surface area contributed by atoms with E-state index in [9.17, 15) is 14.7 Å². The number of carbonyl (C=O) groups is 2. The van der Waals surface area contributed by atoms with E-state index in [0.717, 1.165) is 61.8 Å². The molecule has 1 heterocycles. The topological polar surface area (TPSA) is 70.1 Å². The molecule has 0 saturated carbocycles. The Labute approximate surface area is 223 Å². The lowest BCUT2D eigenvalue weighted by Crippen LogP contribution is -2.34. The Kier molecular flexibility index (Phi) is 10.6. The average Bonchev–Trinajstić information content (AvgIpc) is 3.14. The molecule has 0 spiro atoms. The van der Waals surface area contributed by atoms with E-state index in [0.29, 0.717) is 17.9 Å². The van der Waals surface area contributed by atoms with Crippen LogP contribution in [0.25, 0.3) is 5.76 Å². The van der Waals surface area contributed by atoms with Crippen molar-refractivity contribution in [2.45, 2.75) is 52.0 Å². The number of carbonyl (C=O) groups excluding carboxylic acids is 2. The highest BCUT2D eigenvalue weighted by molar-refractivity contribution is 9.10. The molecule has 194 valence electrons. The Morgan fingerprint density at radius 3 is 2.22 bits per heavy atom. The van der Waals surface area contributed by atoms with Crippen LogP contribution < -0.4 is 4.74 Å². The molecule has 0 bridgehead atoms. The number of Topliss-reactive ketones (excluding diaryl/α,β-unsaturated/α-hetero) is 1. The Hall–Kier alpha value is -2.64. The molecule has 3 rings (SSSR count). The van der Waals surface area contributed by atoms with Crippen LogP contribution in [0.15, 0.2) is 58.6 Å². The van der Waals surface area contributed by atoms with Crippen LogP contribution in [0.2, 0.25) is 0 Å². The van der Waals surface area contributed by atoms with E-state index >= 15 is 0 Å². The van der Waals surface area contributed by atoms with Crippen molar-refractivity contribution >= 4 is 33.4 Å². The van der Waals surface area contributed by atoms with Crippen molar-refractivity contribution in [2.75, 3.05) is 33.3 Å². The van der Waals surface area contributed by atoms with Gasteiger partial charge in [-0.1, -0.05) is 54.8 Å². The van der Waals surface area contributed by atoms with Gasteiger partial charge in [0.1, 0.15) is 11.5 Å². The molecular formula is C29H37BrN2O4. The zero-order valence-electron chi connectivity index (χ0n) is 21.5. The maximum absolute atomic E-state index is 13.2.